The van der Waals surface area contributed by atoms with Crippen molar-refractivity contribution in [2.75, 3.05) is 5.73 Å². The third-order valence-corrected chi connectivity index (χ3v) is 3.10. The largest absolute Gasteiger partial charge is 0.397 e. The van der Waals surface area contributed by atoms with E-state index in [9.17, 15) is 0 Å². The molecule has 2 nitrogen and oxygen atoms in total. The zero-order valence-electron chi connectivity index (χ0n) is 8.04. The first-order chi connectivity index (χ1) is 6.68. The van der Waals surface area contributed by atoms with Gasteiger partial charge >= 0.3 is 0 Å². The highest BCUT2D eigenvalue weighted by Crippen LogP contribution is 2.38. The number of benzene rings is 1. The molecule has 14 heavy (non-hydrogen) atoms. The van der Waals surface area contributed by atoms with E-state index in [0.29, 0.717) is 10.7 Å². The fourth-order valence-electron chi connectivity index (χ4n) is 1.72. The standard InChI is InChI=1S/C11H15ClN2/c12-9-3-1-2-8(11(9)14)10(13)6-7-4-5-7/h1-3,7,10H,4-6,13-14H2. The Morgan fingerprint density at radius 3 is 2.79 bits per heavy atom. The van der Waals surface area contributed by atoms with E-state index in [-0.39, 0.29) is 6.04 Å². The lowest BCUT2D eigenvalue weighted by atomic mass is 10.0. The molecule has 0 aromatic heterocycles. The molecular weight excluding hydrogens is 196 g/mol. The molecule has 1 atom stereocenters. The summed E-state index contributed by atoms with van der Waals surface area (Å²) in [6.45, 7) is 0. The molecule has 0 bridgehead atoms. The first-order valence-corrected chi connectivity index (χ1v) is 5.35. The van der Waals surface area contributed by atoms with Gasteiger partial charge in [0.25, 0.3) is 0 Å². The summed E-state index contributed by atoms with van der Waals surface area (Å²) < 4.78 is 0. The second-order valence-corrected chi connectivity index (χ2v) is 4.44. The van der Waals surface area contributed by atoms with Crippen LogP contribution in [0, 0.1) is 5.92 Å². The molecule has 1 aromatic carbocycles. The SMILES string of the molecule is Nc1c(Cl)cccc1C(N)CC1CC1. The monoisotopic (exact) mass is 210 g/mol. The van der Waals surface area contributed by atoms with Gasteiger partial charge in [-0.2, -0.15) is 0 Å². The van der Waals surface area contributed by atoms with Gasteiger partial charge in [-0.3, -0.25) is 0 Å². The Kier molecular flexibility index (Phi) is 2.66. The quantitative estimate of drug-likeness (QED) is 0.754. The lowest BCUT2D eigenvalue weighted by Gasteiger charge is -2.14. The lowest BCUT2D eigenvalue weighted by molar-refractivity contribution is 0.598. The molecule has 0 radical (unpaired) electrons. The number of nitrogens with two attached hydrogens (primary N) is 2. The van der Waals surface area contributed by atoms with Crippen molar-refractivity contribution in [1.29, 1.82) is 0 Å². The van der Waals surface area contributed by atoms with Crippen LogP contribution in [0.1, 0.15) is 30.9 Å². The van der Waals surface area contributed by atoms with Crippen molar-refractivity contribution in [2.24, 2.45) is 11.7 Å². The molecule has 1 fully saturated rings. The first kappa shape index (κ1) is 9.81. The highest BCUT2D eigenvalue weighted by atomic mass is 35.5. The molecular formula is C11H15ClN2. The molecule has 1 unspecified atom stereocenters. The Morgan fingerprint density at radius 1 is 1.43 bits per heavy atom. The van der Waals surface area contributed by atoms with Gasteiger partial charge in [-0.25, -0.2) is 0 Å². The number of rotatable bonds is 3. The molecule has 0 spiro atoms. The maximum Gasteiger partial charge on any atom is 0.0638 e. The average Bonchev–Trinajstić information content (AvgIpc) is 2.93. The smallest absolute Gasteiger partial charge is 0.0638 e. The maximum absolute atomic E-state index is 6.07. The van der Waals surface area contributed by atoms with Crippen LogP contribution < -0.4 is 11.5 Å². The van der Waals surface area contributed by atoms with Gasteiger partial charge < -0.3 is 11.5 Å². The number of hydrogen-bond acceptors (Lipinski definition) is 2. The zero-order chi connectivity index (χ0) is 10.1. The van der Waals surface area contributed by atoms with E-state index in [1.807, 2.05) is 12.1 Å². The molecule has 1 aliphatic carbocycles. The molecule has 0 heterocycles. The summed E-state index contributed by atoms with van der Waals surface area (Å²) in [6, 6.07) is 5.71. The summed E-state index contributed by atoms with van der Waals surface area (Å²) >= 11 is 5.93. The van der Waals surface area contributed by atoms with Crippen LogP contribution in [0.25, 0.3) is 0 Å². The van der Waals surface area contributed by atoms with E-state index in [1.165, 1.54) is 12.8 Å². The molecule has 1 aromatic rings. The van der Waals surface area contributed by atoms with Crippen LogP contribution in [0.2, 0.25) is 5.02 Å². The van der Waals surface area contributed by atoms with Crippen LogP contribution in [-0.4, -0.2) is 0 Å². The Hall–Kier alpha value is -0.730. The van der Waals surface area contributed by atoms with Crippen molar-refractivity contribution in [2.45, 2.75) is 25.3 Å². The normalized spacial score (nSPS) is 18.1. The van der Waals surface area contributed by atoms with E-state index < -0.39 is 0 Å². The number of anilines is 1. The second kappa shape index (κ2) is 3.79. The van der Waals surface area contributed by atoms with Gasteiger partial charge in [0.05, 0.1) is 10.7 Å². The van der Waals surface area contributed by atoms with Crippen molar-refractivity contribution in [3.8, 4) is 0 Å². The van der Waals surface area contributed by atoms with Crippen LogP contribution in [0.4, 0.5) is 5.69 Å². The maximum atomic E-state index is 6.07. The van der Waals surface area contributed by atoms with Crippen molar-refractivity contribution in [3.63, 3.8) is 0 Å². The lowest BCUT2D eigenvalue weighted by Crippen LogP contribution is -2.13. The van der Waals surface area contributed by atoms with Gasteiger partial charge in [-0.05, 0) is 24.0 Å². The number of para-hydroxylation sites is 1. The van der Waals surface area contributed by atoms with Gasteiger partial charge in [-0.15, -0.1) is 0 Å². The Morgan fingerprint density at radius 2 is 2.14 bits per heavy atom. The molecule has 0 amide bonds. The minimum Gasteiger partial charge on any atom is -0.397 e. The summed E-state index contributed by atoms with van der Waals surface area (Å²) in [5.74, 6) is 0.809. The fourth-order valence-corrected chi connectivity index (χ4v) is 1.90. The van der Waals surface area contributed by atoms with Crippen molar-refractivity contribution in [1.82, 2.24) is 0 Å². The molecule has 3 heteroatoms. The minimum absolute atomic E-state index is 0.0428. The zero-order valence-corrected chi connectivity index (χ0v) is 8.80. The molecule has 0 aliphatic heterocycles. The molecule has 2 rings (SSSR count). The number of hydrogen-bond donors (Lipinski definition) is 2. The van der Waals surface area contributed by atoms with E-state index in [4.69, 9.17) is 23.1 Å². The predicted octanol–water partition coefficient (Wildman–Crippen LogP) is 2.72. The average molecular weight is 211 g/mol. The number of nitrogen functional groups attached to an aromatic ring is 1. The Labute approximate surface area is 89.2 Å². The van der Waals surface area contributed by atoms with Gasteiger partial charge in [0, 0.05) is 6.04 Å². The molecule has 0 saturated heterocycles. The molecule has 76 valence electrons. The van der Waals surface area contributed by atoms with E-state index in [1.54, 1.807) is 6.07 Å². The third-order valence-electron chi connectivity index (χ3n) is 2.77. The summed E-state index contributed by atoms with van der Waals surface area (Å²) in [5.41, 5.74) is 13.6. The minimum atomic E-state index is 0.0428. The second-order valence-electron chi connectivity index (χ2n) is 4.03. The van der Waals surface area contributed by atoms with Crippen LogP contribution in [0.3, 0.4) is 0 Å². The van der Waals surface area contributed by atoms with Gasteiger partial charge in [0.1, 0.15) is 0 Å². The fraction of sp³-hybridized carbons (Fsp3) is 0.455. The van der Waals surface area contributed by atoms with E-state index in [2.05, 4.69) is 0 Å². The van der Waals surface area contributed by atoms with E-state index in [0.717, 1.165) is 17.9 Å². The van der Waals surface area contributed by atoms with Crippen LogP contribution in [0.5, 0.6) is 0 Å². The summed E-state index contributed by atoms with van der Waals surface area (Å²) in [6.07, 6.45) is 3.66. The van der Waals surface area contributed by atoms with Gasteiger partial charge in [0.2, 0.25) is 0 Å². The summed E-state index contributed by atoms with van der Waals surface area (Å²) in [5, 5.41) is 0.605. The van der Waals surface area contributed by atoms with Crippen molar-refractivity contribution >= 4 is 17.3 Å². The molecule has 1 saturated carbocycles. The van der Waals surface area contributed by atoms with Gasteiger partial charge in [0.15, 0.2) is 0 Å². The Balaban J connectivity index is 2.16. The molecule has 1 aliphatic rings. The van der Waals surface area contributed by atoms with Gasteiger partial charge in [-0.1, -0.05) is 36.6 Å². The predicted molar refractivity (Wildman–Crippen MR) is 60.1 cm³/mol. The van der Waals surface area contributed by atoms with Crippen molar-refractivity contribution < 1.29 is 0 Å². The molecule has 4 N–H and O–H groups in total. The number of halogens is 1. The van der Waals surface area contributed by atoms with Crippen LogP contribution in [0.15, 0.2) is 18.2 Å². The third kappa shape index (κ3) is 2.02. The topological polar surface area (TPSA) is 52.0 Å². The van der Waals surface area contributed by atoms with Crippen LogP contribution in [-0.2, 0) is 0 Å². The summed E-state index contributed by atoms with van der Waals surface area (Å²) in [7, 11) is 0. The first-order valence-electron chi connectivity index (χ1n) is 4.98. The van der Waals surface area contributed by atoms with Crippen molar-refractivity contribution in [3.05, 3.63) is 28.8 Å². The van der Waals surface area contributed by atoms with Crippen LogP contribution >= 0.6 is 11.6 Å². The summed E-state index contributed by atoms with van der Waals surface area (Å²) in [4.78, 5) is 0. The Bertz CT molecular complexity index is 334. The van der Waals surface area contributed by atoms with E-state index >= 15 is 0 Å². The highest BCUT2D eigenvalue weighted by Gasteiger charge is 2.25. The highest BCUT2D eigenvalue weighted by molar-refractivity contribution is 6.33.